The summed E-state index contributed by atoms with van der Waals surface area (Å²) in [6, 6.07) is 3.33. The van der Waals surface area contributed by atoms with Gasteiger partial charge in [0.1, 0.15) is 17.7 Å². The number of aromatic amines is 1. The number of hydrogen-bond donors (Lipinski definition) is 3. The molecule has 4 amide bonds. The molecule has 25 heteroatoms. The van der Waals surface area contributed by atoms with Crippen LogP contribution in [0.15, 0.2) is 112 Å². The van der Waals surface area contributed by atoms with Gasteiger partial charge in [-0.15, -0.1) is 0 Å². The number of fused-ring (bicyclic) bond motifs is 3. The maximum atomic E-state index is 11.5. The maximum absolute atomic E-state index is 11.5. The number of aliphatic imine (C=N–C) groups is 1. The van der Waals surface area contributed by atoms with Crippen molar-refractivity contribution in [3.63, 3.8) is 0 Å². The largest absolute Gasteiger partial charge is 0.348 e. The van der Waals surface area contributed by atoms with Crippen LogP contribution in [0.2, 0.25) is 0 Å². The molecule has 3 N–H and O–H groups in total. The number of hydrogen-bond acceptors (Lipinski definition) is 15. The van der Waals surface area contributed by atoms with E-state index in [0.717, 1.165) is 39.4 Å². The van der Waals surface area contributed by atoms with E-state index in [1.54, 1.807) is 69.5 Å². The molecule has 0 saturated carbocycles. The van der Waals surface area contributed by atoms with Crippen LogP contribution < -0.4 is 27.6 Å². The second-order valence-corrected chi connectivity index (χ2v) is 22.4. The van der Waals surface area contributed by atoms with Gasteiger partial charge in [-0.3, -0.25) is 28.5 Å². The van der Waals surface area contributed by atoms with E-state index in [4.69, 9.17) is 0 Å². The second-order valence-electron chi connectivity index (χ2n) is 22.4. The number of aryl methyl sites for hydroxylation is 5. The molecule has 0 bridgehead atoms. The van der Waals surface area contributed by atoms with Gasteiger partial charge in [-0.05, 0) is 162 Å². The third kappa shape index (κ3) is 18.6. The number of aromatic nitrogens is 14. The number of nitrogens with one attached hydrogen (secondary N) is 3. The van der Waals surface area contributed by atoms with Gasteiger partial charge in [0.2, 0.25) is 0 Å². The molecule has 10 rings (SSSR count). The Labute approximate surface area is 502 Å². The summed E-state index contributed by atoms with van der Waals surface area (Å²) in [7, 11) is 0. The predicted molar refractivity (Wildman–Crippen MR) is 338 cm³/mol. The van der Waals surface area contributed by atoms with Crippen molar-refractivity contribution < 1.29 is 14.4 Å². The molecule has 462 valence electrons. The average molecular weight is 1180 g/mol. The molecule has 0 radical (unpaired) electrons. The van der Waals surface area contributed by atoms with Gasteiger partial charge in [0.05, 0.1) is 24.7 Å². The molecule has 0 fully saturated rings. The number of carbonyl (C=O) groups is 3. The number of H-pyrrole nitrogens is 1. The Balaban J connectivity index is 0.000000215. The number of Topliss-reactive ketones (excluding diaryl/α,β-unsaturated/α-hetero) is 1. The normalized spacial score (nSPS) is 13.5. The highest BCUT2D eigenvalue weighted by Gasteiger charge is 2.22. The van der Waals surface area contributed by atoms with E-state index in [-0.39, 0.29) is 65.0 Å². The van der Waals surface area contributed by atoms with Crippen molar-refractivity contribution in [3.05, 3.63) is 158 Å². The van der Waals surface area contributed by atoms with Gasteiger partial charge in [0.15, 0.2) is 34.1 Å². The van der Waals surface area contributed by atoms with E-state index in [1.807, 2.05) is 156 Å². The van der Waals surface area contributed by atoms with Crippen molar-refractivity contribution in [1.82, 2.24) is 88.1 Å². The van der Waals surface area contributed by atoms with Crippen LogP contribution in [0.3, 0.4) is 0 Å². The van der Waals surface area contributed by atoms with Crippen molar-refractivity contribution in [1.29, 1.82) is 0 Å². The zero-order valence-electron chi connectivity index (χ0n) is 53.6. The first-order valence-corrected chi connectivity index (χ1v) is 28.5. The zero-order chi connectivity index (χ0) is 64.6. The summed E-state index contributed by atoms with van der Waals surface area (Å²) < 4.78 is 9.08. The lowest BCUT2D eigenvalue weighted by Gasteiger charge is -2.28. The third-order valence-corrected chi connectivity index (χ3v) is 13.1. The lowest BCUT2D eigenvalue weighted by Crippen LogP contribution is -2.43. The van der Waals surface area contributed by atoms with Crippen LogP contribution in [0.5, 0.6) is 0 Å². The van der Waals surface area contributed by atoms with Crippen molar-refractivity contribution in [2.45, 2.75) is 187 Å². The molecule has 0 spiro atoms. The number of nitrogens with zero attached hydrogens (tertiary/aromatic N) is 16. The summed E-state index contributed by atoms with van der Waals surface area (Å²) in [6.07, 6.45) is 17.7. The topological polar surface area (TPSA) is 289 Å². The Hall–Kier alpha value is -9.29. The first-order valence-electron chi connectivity index (χ1n) is 28.5. The quantitative estimate of drug-likeness (QED) is 0.134. The molecule has 0 unspecified atom stereocenters. The van der Waals surface area contributed by atoms with Crippen LogP contribution in [0.1, 0.15) is 179 Å². The van der Waals surface area contributed by atoms with Crippen LogP contribution >= 0.6 is 0 Å². The second kappa shape index (κ2) is 31.0. The smallest absolute Gasteiger partial charge is 0.313 e. The van der Waals surface area contributed by atoms with Gasteiger partial charge in [-0.2, -0.15) is 9.97 Å². The Kier molecular flexibility index (Phi) is 25.0. The Morgan fingerprint density at radius 2 is 1.09 bits per heavy atom. The first-order chi connectivity index (χ1) is 40.2. The fourth-order valence-electron chi connectivity index (χ4n) is 7.95. The highest BCUT2D eigenvalue weighted by Crippen LogP contribution is 2.26. The van der Waals surface area contributed by atoms with Crippen LogP contribution in [0.4, 0.5) is 15.4 Å². The molecular formula is C61H87N19O6. The fourth-order valence-corrected chi connectivity index (χ4v) is 7.95. The first kappa shape index (κ1) is 69.2. The SMILES string of the molecule is C=C1C=CN(C(C)C)C(=O)N1.C=C1NC(=O)N(C(C)C)C=C1C.CC(C)n1cnc2c1N=CCC2=O.Cc1ccn(C(C)C)c(=O)n1.Cc1cn(C(C)C)c(=O)nc1C.Cc1nc2c(ncn2C(C)C)c(=O)[nH]1.Cc1ncnc2c1ncn2C(C)C. The molecule has 0 aromatic carbocycles. The molecular weight excluding hydrogens is 1090 g/mol. The molecule has 86 heavy (non-hydrogen) atoms. The number of ketones is 1. The van der Waals surface area contributed by atoms with Crippen molar-refractivity contribution in [2.75, 3.05) is 0 Å². The molecule has 3 aliphatic rings. The van der Waals surface area contributed by atoms with Crippen LogP contribution in [0.25, 0.3) is 22.3 Å². The minimum Gasteiger partial charge on any atom is -0.313 e. The molecule has 7 aromatic rings. The average Bonchev–Trinajstić information content (AvgIpc) is 2.86. The predicted octanol–water partition coefficient (Wildman–Crippen LogP) is 10.3. The summed E-state index contributed by atoms with van der Waals surface area (Å²) >= 11 is 0. The van der Waals surface area contributed by atoms with Crippen molar-refractivity contribution >= 4 is 52.2 Å². The van der Waals surface area contributed by atoms with Gasteiger partial charge in [0, 0.05) is 103 Å². The molecule has 25 nitrogen and oxygen atoms in total. The van der Waals surface area contributed by atoms with E-state index in [2.05, 4.69) is 87.5 Å². The highest BCUT2D eigenvalue weighted by atomic mass is 16.2. The lowest BCUT2D eigenvalue weighted by molar-refractivity contribution is 0.0996. The maximum Gasteiger partial charge on any atom is 0.348 e. The minimum atomic E-state index is -0.174. The van der Waals surface area contributed by atoms with E-state index >= 15 is 0 Å². The third-order valence-electron chi connectivity index (χ3n) is 13.1. The number of allylic oxidation sites excluding steroid dienone is 2. The van der Waals surface area contributed by atoms with Crippen LogP contribution in [-0.2, 0) is 0 Å². The van der Waals surface area contributed by atoms with Gasteiger partial charge >= 0.3 is 23.4 Å². The molecule has 0 saturated heterocycles. The summed E-state index contributed by atoms with van der Waals surface area (Å²) in [5.41, 5.74) is 8.81. The van der Waals surface area contributed by atoms with Gasteiger partial charge in [-0.1, -0.05) is 13.2 Å². The van der Waals surface area contributed by atoms with Crippen molar-refractivity contribution in [3.8, 4) is 0 Å². The molecule has 3 aliphatic heterocycles. The van der Waals surface area contributed by atoms with Crippen LogP contribution in [-0.4, -0.2) is 114 Å². The number of rotatable bonds is 7. The summed E-state index contributed by atoms with van der Waals surface area (Å²) in [5, 5.41) is 5.30. The molecule has 0 atom stereocenters. The number of urea groups is 2. The number of imidazole rings is 3. The Morgan fingerprint density at radius 1 is 0.547 bits per heavy atom. The minimum absolute atomic E-state index is 0.0596. The summed E-state index contributed by atoms with van der Waals surface area (Å²) in [5.74, 6) is 1.38. The zero-order valence-corrected chi connectivity index (χ0v) is 53.6. The van der Waals surface area contributed by atoms with Gasteiger partial charge in [0.25, 0.3) is 5.56 Å². The number of carbonyl (C=O) groups excluding carboxylic acids is 3. The van der Waals surface area contributed by atoms with Crippen LogP contribution in [0, 0.1) is 34.6 Å². The molecule has 10 heterocycles. The van der Waals surface area contributed by atoms with E-state index < -0.39 is 0 Å². The number of amides is 4. The van der Waals surface area contributed by atoms with Gasteiger partial charge in [-0.25, -0.2) is 54.1 Å². The lowest BCUT2D eigenvalue weighted by atomic mass is 10.2. The highest BCUT2D eigenvalue weighted by molar-refractivity contribution is 6.08. The van der Waals surface area contributed by atoms with E-state index in [9.17, 15) is 28.8 Å². The van der Waals surface area contributed by atoms with Crippen molar-refractivity contribution in [2.24, 2.45) is 4.99 Å². The summed E-state index contributed by atoms with van der Waals surface area (Å²) in [6.45, 7) is 46.6. The van der Waals surface area contributed by atoms with E-state index in [1.165, 1.54) is 0 Å². The molecule has 7 aromatic heterocycles. The fraction of sp³-hybridized carbons (Fsp3) is 0.459. The standard InChI is InChI=1S/C9H12N4O.C9H12N4.C9H11N3O.2C9H14N2O.2C8H12N2O/c1-5(2)13-4-10-7-8(13)11-6(3)12-9(7)14;1-6(2)13-5-12-8-7(3)10-4-11-9(8)13;1-6(2)12-5-11-8-7(13)3-4-10-9(8)12;2*1-6(2)11-5-7(3)8(4)10-9(11)12;2*1-6(2)10-5-4-7(3)9-8(10)11/h4-5H,1-3H3,(H,11,12,14);4-6H,1-3H3;4-6H,3H2,1-2H3;5-6H,1-4H3;5-6H,4H2,1-3H3,(H,10,12);4-6H,1-3H3;4-6H,3H2,1-2H3,(H,9,11). The Morgan fingerprint density at radius 3 is 1.65 bits per heavy atom. The molecule has 0 aliphatic carbocycles. The van der Waals surface area contributed by atoms with E-state index in [0.29, 0.717) is 58.4 Å². The monoisotopic (exact) mass is 1180 g/mol. The summed E-state index contributed by atoms with van der Waals surface area (Å²) in [4.78, 5) is 110. The van der Waals surface area contributed by atoms with Gasteiger partial charge < -0.3 is 29.3 Å². The Bertz CT molecular complexity index is 3800.